The molecule has 9 heavy (non-hydrogen) atoms. The highest BCUT2D eigenvalue weighted by atomic mass is 32.1. The number of rotatable bonds is 0. The fourth-order valence-corrected chi connectivity index (χ4v) is 1.20. The fraction of sp³-hybridized carbons (Fsp3) is 0.429. The van der Waals surface area contributed by atoms with Gasteiger partial charge in [-0.1, -0.05) is 6.92 Å². The van der Waals surface area contributed by atoms with Gasteiger partial charge in [0.05, 0.1) is 0 Å². The lowest BCUT2D eigenvalue weighted by Crippen LogP contribution is -1.96. The highest BCUT2D eigenvalue weighted by molar-refractivity contribution is 7.84. The third-order valence-electron chi connectivity index (χ3n) is 1.85. The molecule has 0 amide bonds. The Hall–Kier alpha value is -0.370. The summed E-state index contributed by atoms with van der Waals surface area (Å²) in [6.07, 6.45) is 1.92. The third-order valence-corrected chi connectivity index (χ3v) is 2.37. The van der Waals surface area contributed by atoms with Gasteiger partial charge >= 0.3 is 0 Å². The minimum atomic E-state index is 0.438. The SMILES string of the molecule is CC1=C(N)C=C(S)C1C. The molecule has 0 aromatic rings. The summed E-state index contributed by atoms with van der Waals surface area (Å²) in [5.41, 5.74) is 7.73. The van der Waals surface area contributed by atoms with Crippen molar-refractivity contribution in [2.75, 3.05) is 0 Å². The van der Waals surface area contributed by atoms with Gasteiger partial charge in [0.2, 0.25) is 0 Å². The van der Waals surface area contributed by atoms with Crippen molar-refractivity contribution in [2.24, 2.45) is 11.7 Å². The molecule has 1 aliphatic carbocycles. The third kappa shape index (κ3) is 0.990. The van der Waals surface area contributed by atoms with Crippen LogP contribution in [0.25, 0.3) is 0 Å². The molecule has 1 unspecified atom stereocenters. The van der Waals surface area contributed by atoms with Crippen LogP contribution >= 0.6 is 12.6 Å². The van der Waals surface area contributed by atoms with E-state index in [9.17, 15) is 0 Å². The normalized spacial score (nSPS) is 27.0. The van der Waals surface area contributed by atoms with Crippen molar-refractivity contribution in [2.45, 2.75) is 13.8 Å². The lowest BCUT2D eigenvalue weighted by atomic mass is 10.1. The Kier molecular flexibility index (Phi) is 1.58. The molecule has 0 radical (unpaired) electrons. The van der Waals surface area contributed by atoms with E-state index in [2.05, 4.69) is 19.6 Å². The Labute approximate surface area is 61.0 Å². The molecule has 0 saturated heterocycles. The summed E-state index contributed by atoms with van der Waals surface area (Å²) in [6.45, 7) is 4.15. The molecule has 1 nitrogen and oxygen atoms in total. The minimum Gasteiger partial charge on any atom is -0.399 e. The number of hydrogen-bond acceptors (Lipinski definition) is 2. The second-order valence-corrected chi connectivity index (χ2v) is 2.95. The molecule has 0 spiro atoms. The van der Waals surface area contributed by atoms with E-state index < -0.39 is 0 Å². The van der Waals surface area contributed by atoms with Crippen LogP contribution in [0, 0.1) is 5.92 Å². The molecule has 1 atom stereocenters. The van der Waals surface area contributed by atoms with Gasteiger partial charge in [0.15, 0.2) is 0 Å². The Bertz CT molecular complexity index is 191. The smallest absolute Gasteiger partial charge is 0.0317 e. The summed E-state index contributed by atoms with van der Waals surface area (Å²) in [6, 6.07) is 0. The van der Waals surface area contributed by atoms with Crippen LogP contribution in [0.4, 0.5) is 0 Å². The molecular formula is C7H11NS. The summed E-state index contributed by atoms with van der Waals surface area (Å²) in [7, 11) is 0. The molecule has 0 aliphatic heterocycles. The van der Waals surface area contributed by atoms with E-state index in [0.717, 1.165) is 10.6 Å². The minimum absolute atomic E-state index is 0.438. The predicted octanol–water partition coefficient (Wildman–Crippen LogP) is 1.68. The first kappa shape index (κ1) is 6.75. The Morgan fingerprint density at radius 1 is 1.67 bits per heavy atom. The van der Waals surface area contributed by atoms with E-state index in [-0.39, 0.29) is 0 Å². The summed E-state index contributed by atoms with van der Waals surface area (Å²) >= 11 is 4.25. The number of nitrogens with two attached hydrogens (primary N) is 1. The molecule has 0 saturated carbocycles. The van der Waals surface area contributed by atoms with Gasteiger partial charge in [-0.05, 0) is 23.5 Å². The Morgan fingerprint density at radius 3 is 2.33 bits per heavy atom. The average molecular weight is 141 g/mol. The molecule has 0 heterocycles. The first-order chi connectivity index (χ1) is 4.13. The van der Waals surface area contributed by atoms with Gasteiger partial charge in [-0.25, -0.2) is 0 Å². The van der Waals surface area contributed by atoms with Gasteiger partial charge in [-0.2, -0.15) is 0 Å². The maximum absolute atomic E-state index is 5.61. The van der Waals surface area contributed by atoms with E-state index in [0.29, 0.717) is 5.92 Å². The lowest BCUT2D eigenvalue weighted by molar-refractivity contribution is 0.862. The highest BCUT2D eigenvalue weighted by Crippen LogP contribution is 2.30. The fourth-order valence-electron chi connectivity index (χ4n) is 0.870. The quantitative estimate of drug-likeness (QED) is 0.493. The van der Waals surface area contributed by atoms with E-state index >= 15 is 0 Å². The van der Waals surface area contributed by atoms with Gasteiger partial charge in [-0.3, -0.25) is 0 Å². The van der Waals surface area contributed by atoms with E-state index in [1.807, 2.05) is 13.0 Å². The van der Waals surface area contributed by atoms with E-state index in [4.69, 9.17) is 5.73 Å². The van der Waals surface area contributed by atoms with E-state index in [1.54, 1.807) is 0 Å². The molecular weight excluding hydrogens is 130 g/mol. The van der Waals surface area contributed by atoms with Crippen molar-refractivity contribution in [3.05, 3.63) is 22.3 Å². The van der Waals surface area contributed by atoms with Crippen molar-refractivity contribution in [3.8, 4) is 0 Å². The van der Waals surface area contributed by atoms with Gasteiger partial charge in [0, 0.05) is 11.6 Å². The molecule has 0 aromatic carbocycles. The highest BCUT2D eigenvalue weighted by Gasteiger charge is 2.15. The second kappa shape index (κ2) is 2.10. The molecule has 50 valence electrons. The van der Waals surface area contributed by atoms with Crippen LogP contribution in [-0.2, 0) is 0 Å². The summed E-state index contributed by atoms with van der Waals surface area (Å²) < 4.78 is 0. The van der Waals surface area contributed by atoms with Crippen molar-refractivity contribution in [3.63, 3.8) is 0 Å². The number of allylic oxidation sites excluding steroid dienone is 3. The summed E-state index contributed by atoms with van der Waals surface area (Å²) in [5, 5.41) is 0. The second-order valence-electron chi connectivity index (χ2n) is 2.43. The monoisotopic (exact) mass is 141 g/mol. The van der Waals surface area contributed by atoms with Crippen molar-refractivity contribution >= 4 is 12.6 Å². The Balaban J connectivity index is 2.92. The maximum Gasteiger partial charge on any atom is 0.0317 e. The first-order valence-corrected chi connectivity index (χ1v) is 3.44. The lowest BCUT2D eigenvalue weighted by Gasteiger charge is -2.03. The van der Waals surface area contributed by atoms with Crippen LogP contribution in [0.5, 0.6) is 0 Å². The summed E-state index contributed by atoms with van der Waals surface area (Å²) in [4.78, 5) is 1.07. The van der Waals surface area contributed by atoms with Gasteiger partial charge in [0.1, 0.15) is 0 Å². The zero-order chi connectivity index (χ0) is 7.02. The Morgan fingerprint density at radius 2 is 2.22 bits per heavy atom. The predicted molar refractivity (Wildman–Crippen MR) is 43.1 cm³/mol. The molecule has 0 aromatic heterocycles. The van der Waals surface area contributed by atoms with Crippen LogP contribution < -0.4 is 5.73 Å². The van der Waals surface area contributed by atoms with Crippen LogP contribution in [0.1, 0.15) is 13.8 Å². The van der Waals surface area contributed by atoms with Crippen molar-refractivity contribution in [1.82, 2.24) is 0 Å². The topological polar surface area (TPSA) is 26.0 Å². The molecule has 0 bridgehead atoms. The van der Waals surface area contributed by atoms with Gasteiger partial charge in [0.25, 0.3) is 0 Å². The molecule has 1 rings (SSSR count). The van der Waals surface area contributed by atoms with Crippen LogP contribution in [0.2, 0.25) is 0 Å². The standard InChI is InChI=1S/C7H11NS/c1-4-5(2)7(9)3-6(4)8/h3,5,9H,8H2,1-2H3. The molecule has 2 heteroatoms. The van der Waals surface area contributed by atoms with Crippen LogP contribution in [0.15, 0.2) is 22.3 Å². The van der Waals surface area contributed by atoms with Crippen molar-refractivity contribution < 1.29 is 0 Å². The molecule has 1 aliphatic rings. The van der Waals surface area contributed by atoms with E-state index in [1.165, 1.54) is 5.57 Å². The maximum atomic E-state index is 5.61. The first-order valence-electron chi connectivity index (χ1n) is 2.99. The van der Waals surface area contributed by atoms with Gasteiger partial charge < -0.3 is 5.73 Å². The zero-order valence-corrected chi connectivity index (χ0v) is 6.57. The summed E-state index contributed by atoms with van der Waals surface area (Å²) in [5.74, 6) is 0.438. The van der Waals surface area contributed by atoms with Crippen molar-refractivity contribution in [1.29, 1.82) is 0 Å². The number of thiol groups is 1. The number of hydrogen-bond donors (Lipinski definition) is 2. The van der Waals surface area contributed by atoms with Crippen LogP contribution in [0.3, 0.4) is 0 Å². The zero-order valence-electron chi connectivity index (χ0n) is 5.68. The largest absolute Gasteiger partial charge is 0.399 e. The molecule has 2 N–H and O–H groups in total. The van der Waals surface area contributed by atoms with Gasteiger partial charge in [-0.15, -0.1) is 12.6 Å². The van der Waals surface area contributed by atoms with Crippen LogP contribution in [-0.4, -0.2) is 0 Å². The molecule has 0 fully saturated rings. The average Bonchev–Trinajstić information content (AvgIpc) is 1.98.